The maximum Gasteiger partial charge on any atom is 0.510 e. The minimum Gasteiger partial charge on any atom is -0.430 e. The molecule has 0 aliphatic heterocycles. The van der Waals surface area contributed by atoms with Crippen molar-refractivity contribution in [1.82, 2.24) is 9.55 Å². The minimum atomic E-state index is -1.42. The Balaban J connectivity index is 2.18. The molecule has 15 heteroatoms. The first-order chi connectivity index (χ1) is 13.7. The molecule has 0 radical (unpaired) electrons. The van der Waals surface area contributed by atoms with Crippen LogP contribution >= 0.6 is 0 Å². The SMILES string of the molecule is Cc1ncc([N+](=O)[O-])n1CCOC(=O)OC/C=C\COC(=O)OC(C)O[N+](=O)[O-]. The van der Waals surface area contributed by atoms with E-state index in [1.54, 1.807) is 6.92 Å². The molecule has 1 aromatic rings. The van der Waals surface area contributed by atoms with Crippen LogP contribution in [0.5, 0.6) is 0 Å². The molecule has 0 saturated carbocycles. The summed E-state index contributed by atoms with van der Waals surface area (Å²) in [6, 6.07) is 0. The first kappa shape index (κ1) is 23.1. The van der Waals surface area contributed by atoms with Gasteiger partial charge in [0.05, 0.1) is 0 Å². The Morgan fingerprint density at radius 3 is 2.38 bits per heavy atom. The van der Waals surface area contributed by atoms with Crippen LogP contribution in [0.1, 0.15) is 12.7 Å². The lowest BCUT2D eigenvalue weighted by atomic mass is 10.5. The lowest BCUT2D eigenvalue weighted by molar-refractivity contribution is -0.777. The van der Waals surface area contributed by atoms with E-state index in [-0.39, 0.29) is 32.2 Å². The van der Waals surface area contributed by atoms with E-state index >= 15 is 0 Å². The summed E-state index contributed by atoms with van der Waals surface area (Å²) in [5.41, 5.74) is 0. The van der Waals surface area contributed by atoms with E-state index in [9.17, 15) is 29.8 Å². The number of aryl methyl sites for hydroxylation is 1. The maximum absolute atomic E-state index is 11.4. The van der Waals surface area contributed by atoms with Gasteiger partial charge in [-0.05, 0) is 24.0 Å². The van der Waals surface area contributed by atoms with Gasteiger partial charge in [-0.1, -0.05) is 0 Å². The second-order valence-electron chi connectivity index (χ2n) is 5.03. The number of carbonyl (C=O) groups excluding carboxylic acids is 2. The molecular formula is C14H18N4O11. The van der Waals surface area contributed by atoms with E-state index in [0.717, 1.165) is 13.1 Å². The average Bonchev–Trinajstić information content (AvgIpc) is 2.98. The zero-order valence-electron chi connectivity index (χ0n) is 15.4. The lowest BCUT2D eigenvalue weighted by Crippen LogP contribution is -2.21. The van der Waals surface area contributed by atoms with Crippen molar-refractivity contribution in [2.75, 3.05) is 19.8 Å². The summed E-state index contributed by atoms with van der Waals surface area (Å²) in [5.74, 6) is 0.176. The molecule has 15 nitrogen and oxygen atoms in total. The summed E-state index contributed by atoms with van der Waals surface area (Å²) in [5, 5.41) is 19.7. The molecule has 0 bridgehead atoms. The highest BCUT2D eigenvalue weighted by Crippen LogP contribution is 2.13. The zero-order chi connectivity index (χ0) is 21.8. The lowest BCUT2D eigenvalue weighted by Gasteiger charge is -2.09. The van der Waals surface area contributed by atoms with Gasteiger partial charge in [-0.25, -0.2) is 19.1 Å². The van der Waals surface area contributed by atoms with Crippen molar-refractivity contribution in [2.45, 2.75) is 26.7 Å². The van der Waals surface area contributed by atoms with Gasteiger partial charge in [0.2, 0.25) is 6.29 Å². The number of imidazole rings is 1. The van der Waals surface area contributed by atoms with Crippen LogP contribution in [0.4, 0.5) is 15.4 Å². The molecule has 1 rings (SSSR count). The number of aromatic nitrogens is 2. The number of ether oxygens (including phenoxy) is 4. The van der Waals surface area contributed by atoms with Crippen LogP contribution in [0.2, 0.25) is 0 Å². The summed E-state index contributed by atoms with van der Waals surface area (Å²) in [6.45, 7) is 2.13. The van der Waals surface area contributed by atoms with Crippen molar-refractivity contribution >= 4 is 18.1 Å². The van der Waals surface area contributed by atoms with Gasteiger partial charge in [0, 0.05) is 6.92 Å². The van der Waals surface area contributed by atoms with E-state index in [1.165, 1.54) is 16.7 Å². The van der Waals surface area contributed by atoms with E-state index in [0.29, 0.717) is 5.82 Å². The van der Waals surface area contributed by atoms with Gasteiger partial charge in [-0.15, -0.1) is 10.1 Å². The smallest absolute Gasteiger partial charge is 0.430 e. The van der Waals surface area contributed by atoms with Gasteiger partial charge < -0.3 is 29.1 Å². The van der Waals surface area contributed by atoms with Crippen molar-refractivity contribution in [1.29, 1.82) is 0 Å². The zero-order valence-corrected chi connectivity index (χ0v) is 15.4. The van der Waals surface area contributed by atoms with Gasteiger partial charge in [-0.2, -0.15) is 0 Å². The molecule has 1 atom stereocenters. The predicted octanol–water partition coefficient (Wildman–Crippen LogP) is 1.52. The van der Waals surface area contributed by atoms with E-state index in [1.807, 2.05) is 0 Å². The summed E-state index contributed by atoms with van der Waals surface area (Å²) >= 11 is 0. The van der Waals surface area contributed by atoms with Crippen LogP contribution in [0, 0.1) is 27.2 Å². The van der Waals surface area contributed by atoms with E-state index in [4.69, 9.17) is 9.47 Å². The Bertz CT molecular complexity index is 761. The Kier molecular flexibility index (Phi) is 9.36. The van der Waals surface area contributed by atoms with Crippen LogP contribution < -0.4 is 0 Å². The number of hydrogen-bond acceptors (Lipinski definition) is 12. The monoisotopic (exact) mass is 418 g/mol. The largest absolute Gasteiger partial charge is 0.510 e. The quantitative estimate of drug-likeness (QED) is 0.166. The summed E-state index contributed by atoms with van der Waals surface area (Å²) in [6.07, 6.45) is 0.163. The highest BCUT2D eigenvalue weighted by Gasteiger charge is 2.17. The van der Waals surface area contributed by atoms with Crippen LogP contribution in [0.3, 0.4) is 0 Å². The topological polar surface area (TPSA) is 184 Å². The number of nitro groups is 1. The fourth-order valence-corrected chi connectivity index (χ4v) is 1.82. The second-order valence-corrected chi connectivity index (χ2v) is 5.03. The highest BCUT2D eigenvalue weighted by atomic mass is 17.0. The van der Waals surface area contributed by atoms with Crippen molar-refractivity contribution in [2.24, 2.45) is 0 Å². The molecule has 1 heterocycles. The van der Waals surface area contributed by atoms with Crippen LogP contribution in [-0.2, 0) is 30.3 Å². The molecule has 0 aliphatic rings. The van der Waals surface area contributed by atoms with Crippen LogP contribution in [0.15, 0.2) is 18.3 Å². The van der Waals surface area contributed by atoms with Gasteiger partial charge in [0.25, 0.3) is 5.09 Å². The molecule has 160 valence electrons. The first-order valence-corrected chi connectivity index (χ1v) is 7.96. The molecule has 0 fully saturated rings. The average molecular weight is 418 g/mol. The maximum atomic E-state index is 11.4. The molecule has 0 N–H and O–H groups in total. The Morgan fingerprint density at radius 1 is 1.17 bits per heavy atom. The summed E-state index contributed by atoms with van der Waals surface area (Å²) < 4.78 is 19.7. The van der Waals surface area contributed by atoms with Crippen LogP contribution in [-0.4, -0.2) is 58.0 Å². The Morgan fingerprint density at radius 2 is 1.79 bits per heavy atom. The third-order valence-corrected chi connectivity index (χ3v) is 3.01. The molecule has 0 saturated heterocycles. The summed E-state index contributed by atoms with van der Waals surface area (Å²) in [4.78, 5) is 50.6. The second kappa shape index (κ2) is 11.7. The van der Waals surface area contributed by atoms with Gasteiger partial charge in [-0.3, -0.25) is 4.84 Å². The molecule has 0 aromatic carbocycles. The third kappa shape index (κ3) is 9.03. The molecular weight excluding hydrogens is 400 g/mol. The molecule has 1 aromatic heterocycles. The number of hydrogen-bond donors (Lipinski definition) is 0. The molecule has 29 heavy (non-hydrogen) atoms. The highest BCUT2D eigenvalue weighted by molar-refractivity contribution is 5.60. The van der Waals surface area contributed by atoms with Crippen molar-refractivity contribution in [3.05, 3.63) is 44.4 Å². The van der Waals surface area contributed by atoms with E-state index in [2.05, 4.69) is 19.3 Å². The Hall–Kier alpha value is -3.91. The third-order valence-electron chi connectivity index (χ3n) is 3.01. The molecule has 0 spiro atoms. The molecule has 1 unspecified atom stereocenters. The Labute approximate surface area is 163 Å². The van der Waals surface area contributed by atoms with Gasteiger partial charge in [0.1, 0.15) is 32.6 Å². The molecule has 0 amide bonds. The van der Waals surface area contributed by atoms with Crippen molar-refractivity contribution in [3.8, 4) is 0 Å². The number of carbonyl (C=O) groups is 2. The fourth-order valence-electron chi connectivity index (χ4n) is 1.82. The standard InChI is InChI=1S/C14H18N4O11/c1-10-15-9-12(17(21)22)16(10)5-8-27-13(19)25-6-3-4-7-26-14(20)28-11(2)29-18(23)24/h3-4,9,11H,5-8H2,1-2H3/b4-3-. The molecule has 0 aliphatic carbocycles. The van der Waals surface area contributed by atoms with Crippen molar-refractivity contribution < 1.29 is 43.4 Å². The fraction of sp³-hybridized carbons (Fsp3) is 0.500. The predicted molar refractivity (Wildman–Crippen MR) is 90.0 cm³/mol. The number of nitrogens with zero attached hydrogens (tertiary/aromatic N) is 4. The van der Waals surface area contributed by atoms with Gasteiger partial charge in [0.15, 0.2) is 5.82 Å². The van der Waals surface area contributed by atoms with Crippen LogP contribution in [0.25, 0.3) is 0 Å². The van der Waals surface area contributed by atoms with Crippen molar-refractivity contribution in [3.63, 3.8) is 0 Å². The van der Waals surface area contributed by atoms with E-state index < -0.39 is 28.6 Å². The first-order valence-electron chi connectivity index (χ1n) is 7.96. The normalized spacial score (nSPS) is 11.5. The van der Waals surface area contributed by atoms with Gasteiger partial charge >= 0.3 is 18.1 Å². The minimum absolute atomic E-state index is 0.0294. The summed E-state index contributed by atoms with van der Waals surface area (Å²) in [7, 11) is 0. The number of rotatable bonds is 11.